The van der Waals surface area contributed by atoms with E-state index < -0.39 is 26.7 Å². The number of sulfonamides is 1. The molecule has 1 heterocycles. The first-order chi connectivity index (χ1) is 9.45. The van der Waals surface area contributed by atoms with Crippen LogP contribution in [0, 0.1) is 10.1 Å². The van der Waals surface area contributed by atoms with Gasteiger partial charge in [-0.15, -0.1) is 0 Å². The van der Waals surface area contributed by atoms with Gasteiger partial charge in [0.05, 0.1) is 17.3 Å². The molecule has 1 fully saturated rings. The highest BCUT2D eigenvalue weighted by molar-refractivity contribution is 7.88. The zero-order valence-corrected chi connectivity index (χ0v) is 11.6. The lowest BCUT2D eigenvalue weighted by atomic mass is 10.2. The molecule has 1 aliphatic heterocycles. The number of para-hydroxylation sites is 1. The lowest BCUT2D eigenvalue weighted by Gasteiger charge is -2.22. The molecule has 1 saturated heterocycles. The van der Waals surface area contributed by atoms with Crippen LogP contribution in [-0.2, 0) is 15.8 Å². The van der Waals surface area contributed by atoms with Gasteiger partial charge < -0.3 is 5.11 Å². The Morgan fingerprint density at radius 1 is 1.40 bits per heavy atom. The van der Waals surface area contributed by atoms with E-state index in [4.69, 9.17) is 0 Å². The van der Waals surface area contributed by atoms with Crippen molar-refractivity contribution in [2.45, 2.75) is 24.6 Å². The summed E-state index contributed by atoms with van der Waals surface area (Å²) in [6, 6.07) is 5.40. The fourth-order valence-corrected chi connectivity index (χ4v) is 4.28. The minimum absolute atomic E-state index is 0.168. The van der Waals surface area contributed by atoms with Crippen LogP contribution in [0.15, 0.2) is 24.3 Å². The first kappa shape index (κ1) is 14.9. The molecule has 0 amide bonds. The van der Waals surface area contributed by atoms with Gasteiger partial charge in [0.15, 0.2) is 0 Å². The van der Waals surface area contributed by atoms with Crippen LogP contribution in [0.1, 0.15) is 18.4 Å². The van der Waals surface area contributed by atoms with E-state index in [0.717, 1.165) is 0 Å². The molecule has 1 aromatic carbocycles. The summed E-state index contributed by atoms with van der Waals surface area (Å²) in [7, 11) is -3.66. The van der Waals surface area contributed by atoms with Crippen LogP contribution in [0.2, 0.25) is 0 Å². The molecule has 110 valence electrons. The van der Waals surface area contributed by atoms with Gasteiger partial charge in [0, 0.05) is 24.2 Å². The van der Waals surface area contributed by atoms with Crippen molar-refractivity contribution >= 4 is 15.7 Å². The lowest BCUT2D eigenvalue weighted by Crippen LogP contribution is -2.38. The van der Waals surface area contributed by atoms with Crippen molar-refractivity contribution in [3.8, 4) is 0 Å². The van der Waals surface area contributed by atoms with Gasteiger partial charge in [-0.25, -0.2) is 8.42 Å². The highest BCUT2D eigenvalue weighted by Crippen LogP contribution is 2.26. The van der Waals surface area contributed by atoms with Crippen molar-refractivity contribution in [3.63, 3.8) is 0 Å². The second-order valence-corrected chi connectivity index (χ2v) is 6.65. The smallest absolute Gasteiger partial charge is 0.273 e. The Balaban J connectivity index is 2.27. The van der Waals surface area contributed by atoms with Crippen molar-refractivity contribution in [3.05, 3.63) is 39.9 Å². The first-order valence-corrected chi connectivity index (χ1v) is 7.89. The van der Waals surface area contributed by atoms with Gasteiger partial charge in [0.1, 0.15) is 0 Å². The van der Waals surface area contributed by atoms with E-state index in [1.165, 1.54) is 22.5 Å². The summed E-state index contributed by atoms with van der Waals surface area (Å²) in [6.45, 7) is 0.129. The van der Waals surface area contributed by atoms with Crippen LogP contribution in [0.25, 0.3) is 0 Å². The first-order valence-electron chi connectivity index (χ1n) is 6.28. The summed E-state index contributed by atoms with van der Waals surface area (Å²) >= 11 is 0. The molecule has 0 saturated carbocycles. The van der Waals surface area contributed by atoms with Crippen LogP contribution < -0.4 is 0 Å². The zero-order chi connectivity index (χ0) is 14.8. The number of nitro benzene ring substituents is 1. The van der Waals surface area contributed by atoms with Gasteiger partial charge in [0.25, 0.3) is 5.69 Å². The Bertz CT molecular complexity index is 602. The number of hydrogen-bond acceptors (Lipinski definition) is 5. The molecule has 0 aromatic heterocycles. The second-order valence-electron chi connectivity index (χ2n) is 4.73. The molecule has 8 heteroatoms. The number of aliphatic hydroxyl groups is 1. The fourth-order valence-electron chi connectivity index (χ4n) is 2.45. The number of nitro groups is 1. The van der Waals surface area contributed by atoms with Gasteiger partial charge >= 0.3 is 0 Å². The molecule has 1 atom stereocenters. The average Bonchev–Trinajstić information content (AvgIpc) is 2.87. The standard InChI is InChI=1S/C12H16N2O5S/c15-8-11-5-3-7-13(11)20(18,19)9-10-4-1-2-6-12(10)14(16)17/h1-2,4,6,11,15H,3,5,7-9H2/t11-/m1/s1. The Labute approximate surface area is 117 Å². The van der Waals surface area contributed by atoms with Crippen molar-refractivity contribution in [1.82, 2.24) is 4.31 Å². The highest BCUT2D eigenvalue weighted by atomic mass is 32.2. The molecule has 0 radical (unpaired) electrons. The van der Waals surface area contributed by atoms with E-state index >= 15 is 0 Å². The zero-order valence-electron chi connectivity index (χ0n) is 10.8. The normalized spacial score (nSPS) is 20.1. The molecule has 1 N–H and O–H groups in total. The van der Waals surface area contributed by atoms with Crippen molar-refractivity contribution in [2.24, 2.45) is 0 Å². The minimum Gasteiger partial charge on any atom is -0.395 e. The van der Waals surface area contributed by atoms with E-state index in [0.29, 0.717) is 19.4 Å². The maximum atomic E-state index is 12.3. The van der Waals surface area contributed by atoms with Crippen molar-refractivity contribution in [2.75, 3.05) is 13.2 Å². The third-order valence-electron chi connectivity index (χ3n) is 3.42. The summed E-state index contributed by atoms with van der Waals surface area (Å²) < 4.78 is 25.9. The molecular weight excluding hydrogens is 284 g/mol. The average molecular weight is 300 g/mol. The van der Waals surface area contributed by atoms with Crippen molar-refractivity contribution < 1.29 is 18.4 Å². The quantitative estimate of drug-likeness (QED) is 0.642. The van der Waals surface area contributed by atoms with Crippen LogP contribution >= 0.6 is 0 Å². The van der Waals surface area contributed by atoms with Gasteiger partial charge in [-0.05, 0) is 12.8 Å². The number of aliphatic hydroxyl groups excluding tert-OH is 1. The van der Waals surface area contributed by atoms with Gasteiger partial charge in [0.2, 0.25) is 10.0 Å². The van der Waals surface area contributed by atoms with E-state index in [1.807, 2.05) is 0 Å². The predicted octanol–water partition coefficient (Wildman–Crippen LogP) is 0.881. The number of benzene rings is 1. The van der Waals surface area contributed by atoms with E-state index in [2.05, 4.69) is 0 Å². The molecule has 1 aromatic rings. The largest absolute Gasteiger partial charge is 0.395 e. The summed E-state index contributed by atoms with van der Waals surface area (Å²) in [5.41, 5.74) is -0.0306. The molecule has 1 aliphatic rings. The van der Waals surface area contributed by atoms with E-state index in [-0.39, 0.29) is 17.9 Å². The Hall–Kier alpha value is -1.51. The second kappa shape index (κ2) is 5.86. The van der Waals surface area contributed by atoms with Gasteiger partial charge in [-0.2, -0.15) is 4.31 Å². The highest BCUT2D eigenvalue weighted by Gasteiger charge is 2.34. The topological polar surface area (TPSA) is 101 Å². The lowest BCUT2D eigenvalue weighted by molar-refractivity contribution is -0.385. The van der Waals surface area contributed by atoms with Crippen LogP contribution in [0.3, 0.4) is 0 Å². The predicted molar refractivity (Wildman–Crippen MR) is 72.5 cm³/mol. The number of rotatable bonds is 5. The third-order valence-corrected chi connectivity index (χ3v) is 5.29. The monoisotopic (exact) mass is 300 g/mol. The Morgan fingerprint density at radius 3 is 2.75 bits per heavy atom. The molecule has 7 nitrogen and oxygen atoms in total. The van der Waals surface area contributed by atoms with Crippen LogP contribution in [-0.4, -0.2) is 41.9 Å². The van der Waals surface area contributed by atoms with Gasteiger partial charge in [-0.1, -0.05) is 18.2 Å². The van der Waals surface area contributed by atoms with Crippen LogP contribution in [0.4, 0.5) is 5.69 Å². The Morgan fingerprint density at radius 2 is 2.10 bits per heavy atom. The summed E-state index contributed by atoms with van der Waals surface area (Å²) in [5.74, 6) is -0.416. The molecular formula is C12H16N2O5S. The molecule has 0 bridgehead atoms. The molecule has 20 heavy (non-hydrogen) atoms. The minimum atomic E-state index is -3.66. The number of hydrogen-bond donors (Lipinski definition) is 1. The van der Waals surface area contributed by atoms with Crippen molar-refractivity contribution in [1.29, 1.82) is 0 Å². The van der Waals surface area contributed by atoms with Crippen LogP contribution in [0.5, 0.6) is 0 Å². The SMILES string of the molecule is O=[N+]([O-])c1ccccc1CS(=O)(=O)N1CCC[C@@H]1CO. The summed E-state index contributed by atoms with van der Waals surface area (Å²) in [6.07, 6.45) is 1.31. The molecule has 0 aliphatic carbocycles. The maximum absolute atomic E-state index is 12.3. The maximum Gasteiger partial charge on any atom is 0.273 e. The third kappa shape index (κ3) is 2.97. The molecule has 0 unspecified atom stereocenters. The molecule has 2 rings (SSSR count). The Kier molecular flexibility index (Phi) is 4.36. The van der Waals surface area contributed by atoms with Gasteiger partial charge in [-0.3, -0.25) is 10.1 Å². The van der Waals surface area contributed by atoms with E-state index in [1.54, 1.807) is 6.07 Å². The fraction of sp³-hybridized carbons (Fsp3) is 0.500. The number of nitrogens with zero attached hydrogens (tertiary/aromatic N) is 2. The summed E-state index contributed by atoms with van der Waals surface area (Å²) in [5, 5.41) is 20.1. The molecule has 0 spiro atoms. The van der Waals surface area contributed by atoms with E-state index in [9.17, 15) is 23.6 Å². The summed E-state index contributed by atoms with van der Waals surface area (Å²) in [4.78, 5) is 10.3.